The predicted molar refractivity (Wildman–Crippen MR) is 83.5 cm³/mol. The maximum absolute atomic E-state index is 13.5. The van der Waals surface area contributed by atoms with Crippen LogP contribution >= 0.6 is 0 Å². The van der Waals surface area contributed by atoms with Crippen LogP contribution in [-0.4, -0.2) is 51.7 Å². The van der Waals surface area contributed by atoms with Gasteiger partial charge in [0.15, 0.2) is 0 Å². The molecular weight excluding hydrogens is 326 g/mol. The highest BCUT2D eigenvalue weighted by Crippen LogP contribution is 2.16. The molecule has 0 aliphatic carbocycles. The zero-order chi connectivity index (χ0) is 17.1. The number of rotatable bonds is 6. The first-order valence-corrected chi connectivity index (χ1v) is 9.10. The molecule has 1 aromatic carbocycles. The second kappa shape index (κ2) is 7.21. The van der Waals surface area contributed by atoms with Gasteiger partial charge in [-0.15, -0.1) is 0 Å². The summed E-state index contributed by atoms with van der Waals surface area (Å²) in [6.45, 7) is 6.69. The Hall–Kier alpha value is -1.09. The van der Waals surface area contributed by atoms with Crippen LogP contribution in [0.5, 0.6) is 0 Å². The topological polar surface area (TPSA) is 58.6 Å². The number of halogens is 2. The van der Waals surface area contributed by atoms with Gasteiger partial charge in [0.25, 0.3) is 0 Å². The van der Waals surface area contributed by atoms with Gasteiger partial charge in [0.1, 0.15) is 11.6 Å². The van der Waals surface area contributed by atoms with Crippen LogP contribution in [0.15, 0.2) is 18.2 Å². The van der Waals surface area contributed by atoms with Crippen LogP contribution in [0.4, 0.5) is 8.78 Å². The van der Waals surface area contributed by atoms with Crippen molar-refractivity contribution in [2.24, 2.45) is 0 Å². The van der Waals surface area contributed by atoms with Gasteiger partial charge in [0.05, 0.1) is 18.0 Å². The number of benzene rings is 1. The van der Waals surface area contributed by atoms with Crippen molar-refractivity contribution in [3.05, 3.63) is 35.4 Å². The van der Waals surface area contributed by atoms with Gasteiger partial charge in [-0.25, -0.2) is 21.9 Å². The normalized spacial score (nSPS) is 19.0. The van der Waals surface area contributed by atoms with Crippen molar-refractivity contribution in [3.63, 3.8) is 0 Å². The first kappa shape index (κ1) is 18.3. The zero-order valence-corrected chi connectivity index (χ0v) is 14.1. The summed E-state index contributed by atoms with van der Waals surface area (Å²) in [4.78, 5) is 2.09. The zero-order valence-electron chi connectivity index (χ0n) is 13.3. The fourth-order valence-electron chi connectivity index (χ4n) is 2.58. The number of ether oxygens (including phenoxy) is 1. The summed E-state index contributed by atoms with van der Waals surface area (Å²) >= 11 is 0. The molecule has 1 fully saturated rings. The maximum Gasteiger partial charge on any atom is 0.216 e. The lowest BCUT2D eigenvalue weighted by atomic mass is 10.1. The SMILES string of the molecule is CC1(C)CN(CCNS(=O)(=O)Cc2c(F)cccc2F)CCO1. The van der Waals surface area contributed by atoms with E-state index >= 15 is 0 Å². The molecular formula is C15H22F2N2O3S. The van der Waals surface area contributed by atoms with E-state index in [-0.39, 0.29) is 12.1 Å². The Kier molecular flexibility index (Phi) is 5.72. The van der Waals surface area contributed by atoms with E-state index in [4.69, 9.17) is 4.74 Å². The average Bonchev–Trinajstić information content (AvgIpc) is 2.42. The summed E-state index contributed by atoms with van der Waals surface area (Å²) in [7, 11) is -3.80. The van der Waals surface area contributed by atoms with Crippen molar-refractivity contribution in [3.8, 4) is 0 Å². The quantitative estimate of drug-likeness (QED) is 0.846. The number of morpholine rings is 1. The van der Waals surface area contributed by atoms with E-state index in [2.05, 4.69) is 9.62 Å². The molecule has 0 radical (unpaired) electrons. The van der Waals surface area contributed by atoms with Gasteiger partial charge in [0, 0.05) is 31.7 Å². The molecule has 23 heavy (non-hydrogen) atoms. The van der Waals surface area contributed by atoms with Crippen molar-refractivity contribution in [1.82, 2.24) is 9.62 Å². The molecule has 2 rings (SSSR count). The molecule has 0 atom stereocenters. The van der Waals surface area contributed by atoms with Crippen LogP contribution in [0.25, 0.3) is 0 Å². The molecule has 0 amide bonds. The second-order valence-corrected chi connectivity index (χ2v) is 8.04. The number of nitrogens with zero attached hydrogens (tertiary/aromatic N) is 1. The number of sulfonamides is 1. The van der Waals surface area contributed by atoms with Crippen molar-refractivity contribution in [2.45, 2.75) is 25.2 Å². The van der Waals surface area contributed by atoms with Gasteiger partial charge in [-0.05, 0) is 26.0 Å². The molecule has 1 N–H and O–H groups in total. The summed E-state index contributed by atoms with van der Waals surface area (Å²) in [5.74, 6) is -2.42. The van der Waals surface area contributed by atoms with E-state index < -0.39 is 33.0 Å². The summed E-state index contributed by atoms with van der Waals surface area (Å²) in [6.07, 6.45) is 0. The summed E-state index contributed by atoms with van der Waals surface area (Å²) in [5.41, 5.74) is -0.694. The summed E-state index contributed by atoms with van der Waals surface area (Å²) in [6, 6.07) is 3.29. The molecule has 1 aliphatic heterocycles. The first-order chi connectivity index (χ1) is 10.7. The minimum Gasteiger partial charge on any atom is -0.373 e. The van der Waals surface area contributed by atoms with Crippen LogP contribution in [0.3, 0.4) is 0 Å². The molecule has 0 bridgehead atoms. The van der Waals surface area contributed by atoms with E-state index in [0.717, 1.165) is 18.7 Å². The maximum atomic E-state index is 13.5. The predicted octanol–water partition coefficient (Wildman–Crippen LogP) is 1.49. The highest BCUT2D eigenvalue weighted by molar-refractivity contribution is 7.88. The van der Waals surface area contributed by atoms with E-state index in [1.54, 1.807) is 0 Å². The van der Waals surface area contributed by atoms with E-state index in [0.29, 0.717) is 19.7 Å². The minimum absolute atomic E-state index is 0.189. The third-order valence-corrected chi connectivity index (χ3v) is 4.96. The van der Waals surface area contributed by atoms with Crippen LogP contribution < -0.4 is 4.72 Å². The fraction of sp³-hybridized carbons (Fsp3) is 0.600. The second-order valence-electron chi connectivity index (χ2n) is 6.24. The van der Waals surface area contributed by atoms with Crippen LogP contribution in [0, 0.1) is 11.6 Å². The van der Waals surface area contributed by atoms with Crippen molar-refractivity contribution in [1.29, 1.82) is 0 Å². The van der Waals surface area contributed by atoms with Gasteiger partial charge in [-0.2, -0.15) is 0 Å². The van der Waals surface area contributed by atoms with Gasteiger partial charge in [-0.1, -0.05) is 6.07 Å². The largest absolute Gasteiger partial charge is 0.373 e. The number of hydrogen-bond donors (Lipinski definition) is 1. The fourth-order valence-corrected chi connectivity index (χ4v) is 3.74. The average molecular weight is 348 g/mol. The molecule has 130 valence electrons. The molecule has 1 saturated heterocycles. The van der Waals surface area contributed by atoms with Gasteiger partial charge < -0.3 is 4.74 Å². The summed E-state index contributed by atoms with van der Waals surface area (Å²) < 4.78 is 59.0. The van der Waals surface area contributed by atoms with Crippen molar-refractivity contribution in [2.75, 3.05) is 32.8 Å². The number of hydrogen-bond acceptors (Lipinski definition) is 4. The standard InChI is InChI=1S/C15H22F2N2O3S/c1-15(2)11-19(8-9-22-15)7-6-18-23(20,21)10-12-13(16)4-3-5-14(12)17/h3-5,18H,6-11H2,1-2H3. The van der Waals surface area contributed by atoms with Crippen molar-refractivity contribution < 1.29 is 21.9 Å². The Labute approximate surface area is 135 Å². The Morgan fingerprint density at radius 2 is 1.96 bits per heavy atom. The van der Waals surface area contributed by atoms with Crippen LogP contribution in [0.1, 0.15) is 19.4 Å². The molecule has 0 aromatic heterocycles. The first-order valence-electron chi connectivity index (χ1n) is 7.45. The minimum atomic E-state index is -3.80. The molecule has 0 spiro atoms. The van der Waals surface area contributed by atoms with Crippen LogP contribution in [0.2, 0.25) is 0 Å². The van der Waals surface area contributed by atoms with E-state index in [9.17, 15) is 17.2 Å². The monoisotopic (exact) mass is 348 g/mol. The Balaban J connectivity index is 1.87. The molecule has 0 saturated carbocycles. The highest BCUT2D eigenvalue weighted by atomic mass is 32.2. The molecule has 1 aliphatic rings. The van der Waals surface area contributed by atoms with E-state index in [1.807, 2.05) is 13.8 Å². The lowest BCUT2D eigenvalue weighted by molar-refractivity contribution is -0.0851. The molecule has 5 nitrogen and oxygen atoms in total. The lowest BCUT2D eigenvalue weighted by Crippen LogP contribution is -2.50. The molecule has 0 unspecified atom stereocenters. The molecule has 1 aromatic rings. The summed E-state index contributed by atoms with van der Waals surface area (Å²) in [5, 5.41) is 0. The van der Waals surface area contributed by atoms with Gasteiger partial charge >= 0.3 is 0 Å². The Morgan fingerprint density at radius 3 is 2.57 bits per heavy atom. The van der Waals surface area contributed by atoms with Gasteiger partial charge in [-0.3, -0.25) is 4.90 Å². The van der Waals surface area contributed by atoms with Crippen molar-refractivity contribution >= 4 is 10.0 Å². The van der Waals surface area contributed by atoms with Gasteiger partial charge in [0.2, 0.25) is 10.0 Å². The van der Waals surface area contributed by atoms with E-state index in [1.165, 1.54) is 6.07 Å². The third kappa shape index (κ3) is 5.49. The molecule has 8 heteroatoms. The van der Waals surface area contributed by atoms with Crippen LogP contribution in [-0.2, 0) is 20.5 Å². The lowest BCUT2D eigenvalue weighted by Gasteiger charge is -2.38. The highest BCUT2D eigenvalue weighted by Gasteiger charge is 2.27. The Bertz CT molecular complexity index is 630. The molecule has 1 heterocycles. The third-order valence-electron chi connectivity index (χ3n) is 3.65. The smallest absolute Gasteiger partial charge is 0.216 e. The Morgan fingerprint density at radius 1 is 1.30 bits per heavy atom. The number of nitrogens with one attached hydrogen (secondary N) is 1.